The average molecular weight is 232 g/mol. The Morgan fingerprint density at radius 2 is 1.93 bits per heavy atom. The molecule has 0 saturated heterocycles. The summed E-state index contributed by atoms with van der Waals surface area (Å²) in [6, 6.07) is 3.97. The number of ether oxygens (including phenoxy) is 1. The summed E-state index contributed by atoms with van der Waals surface area (Å²) < 4.78 is 28.5. The molecule has 2 aromatic rings. The number of phenols is 1. The zero-order valence-corrected chi connectivity index (χ0v) is 8.09. The molecule has 6 heteroatoms. The molecule has 2 N–H and O–H groups in total. The van der Waals surface area contributed by atoms with Crippen LogP contribution < -0.4 is 4.74 Å². The molecule has 80 valence electrons. The largest absolute Gasteiger partial charge is 0.504 e. The smallest absolute Gasteiger partial charge is 0.387 e. The van der Waals surface area contributed by atoms with Crippen LogP contribution in [0.15, 0.2) is 18.2 Å². The lowest BCUT2D eigenvalue weighted by Crippen LogP contribution is -2.01. The Hall–Kier alpha value is -1.56. The van der Waals surface area contributed by atoms with Gasteiger partial charge in [0.2, 0.25) is 0 Å². The fourth-order valence-electron chi connectivity index (χ4n) is 1.23. The van der Waals surface area contributed by atoms with Crippen molar-refractivity contribution in [3.63, 3.8) is 0 Å². The van der Waals surface area contributed by atoms with Gasteiger partial charge in [0.1, 0.15) is 0 Å². The second kappa shape index (κ2) is 3.54. The number of thiophene rings is 1. The van der Waals surface area contributed by atoms with E-state index in [2.05, 4.69) is 4.74 Å². The predicted molar refractivity (Wildman–Crippen MR) is 51.8 cm³/mol. The Bertz CT molecular complexity index is 495. The molecular formula is C9H6F2O3S. The number of halogens is 2. The van der Waals surface area contributed by atoms with Gasteiger partial charge in [0.15, 0.2) is 16.6 Å². The lowest BCUT2D eigenvalue weighted by molar-refractivity contribution is -0.0511. The minimum absolute atomic E-state index is 0.0543. The highest BCUT2D eigenvalue weighted by Crippen LogP contribution is 2.38. The van der Waals surface area contributed by atoms with Crippen molar-refractivity contribution in [3.05, 3.63) is 18.2 Å². The fourth-order valence-corrected chi connectivity index (χ4v) is 2.05. The third-order valence-electron chi connectivity index (χ3n) is 1.80. The quantitative estimate of drug-likeness (QED) is 0.836. The molecule has 15 heavy (non-hydrogen) atoms. The number of hydrogen-bond donors (Lipinski definition) is 2. The van der Waals surface area contributed by atoms with Gasteiger partial charge < -0.3 is 14.9 Å². The van der Waals surface area contributed by atoms with Gasteiger partial charge in [-0.05, 0) is 12.1 Å². The monoisotopic (exact) mass is 232 g/mol. The predicted octanol–water partition coefficient (Wildman–Crippen LogP) is 2.91. The summed E-state index contributed by atoms with van der Waals surface area (Å²) in [5.74, 6) is -0.667. The Morgan fingerprint density at radius 1 is 1.20 bits per heavy atom. The van der Waals surface area contributed by atoms with Crippen LogP contribution >= 0.6 is 11.3 Å². The van der Waals surface area contributed by atoms with Gasteiger partial charge in [-0.25, -0.2) is 0 Å². The van der Waals surface area contributed by atoms with Crippen LogP contribution in [0.5, 0.6) is 16.6 Å². The van der Waals surface area contributed by atoms with Gasteiger partial charge in [0.05, 0.1) is 0 Å². The zero-order chi connectivity index (χ0) is 11.0. The van der Waals surface area contributed by atoms with Crippen molar-refractivity contribution in [2.24, 2.45) is 0 Å². The van der Waals surface area contributed by atoms with E-state index in [0.29, 0.717) is 10.1 Å². The zero-order valence-electron chi connectivity index (χ0n) is 7.28. The number of benzene rings is 1. The minimum atomic E-state index is -2.98. The molecule has 1 aromatic heterocycles. The van der Waals surface area contributed by atoms with Gasteiger partial charge >= 0.3 is 6.61 Å². The third kappa shape index (κ3) is 1.94. The summed E-state index contributed by atoms with van der Waals surface area (Å²) in [4.78, 5) is 0. The number of fused-ring (bicyclic) bond motifs is 1. The van der Waals surface area contributed by atoms with Crippen LogP contribution in [-0.4, -0.2) is 16.8 Å². The molecule has 0 radical (unpaired) electrons. The molecular weight excluding hydrogens is 226 g/mol. The topological polar surface area (TPSA) is 49.7 Å². The first kappa shape index (κ1) is 9.97. The average Bonchev–Trinajstić information content (AvgIpc) is 2.44. The van der Waals surface area contributed by atoms with Gasteiger partial charge in [-0.1, -0.05) is 11.3 Å². The summed E-state index contributed by atoms with van der Waals surface area (Å²) in [6.45, 7) is -2.98. The first-order chi connectivity index (χ1) is 7.06. The maximum absolute atomic E-state index is 11.9. The van der Waals surface area contributed by atoms with E-state index in [9.17, 15) is 13.9 Å². The van der Waals surface area contributed by atoms with Crippen molar-refractivity contribution in [1.29, 1.82) is 0 Å². The molecule has 0 spiro atoms. The van der Waals surface area contributed by atoms with E-state index >= 15 is 0 Å². The Labute approximate surface area is 87.2 Å². The Morgan fingerprint density at radius 3 is 2.60 bits per heavy atom. The van der Waals surface area contributed by atoms with Gasteiger partial charge in [0, 0.05) is 16.2 Å². The standard InChI is InChI=1S/C9H6F2O3S/c10-9(11)14-6-3-7-4(1-5(6)12)2-8(13)15-7/h1-3,9,12-13H. The molecule has 0 fully saturated rings. The SMILES string of the molecule is Oc1cc2cc(O)c(OC(F)F)cc2s1. The van der Waals surface area contributed by atoms with Crippen LogP contribution in [0.25, 0.3) is 10.1 Å². The number of aromatic hydroxyl groups is 2. The van der Waals surface area contributed by atoms with Crippen LogP contribution in [-0.2, 0) is 0 Å². The molecule has 0 saturated carbocycles. The highest BCUT2D eigenvalue weighted by molar-refractivity contribution is 7.20. The summed E-state index contributed by atoms with van der Waals surface area (Å²) in [6.07, 6.45) is 0. The molecule has 0 aliphatic rings. The molecule has 0 bridgehead atoms. The van der Waals surface area contributed by atoms with Crippen LogP contribution in [0.4, 0.5) is 8.78 Å². The normalized spacial score (nSPS) is 11.1. The third-order valence-corrected chi connectivity index (χ3v) is 2.70. The lowest BCUT2D eigenvalue weighted by atomic mass is 10.2. The van der Waals surface area contributed by atoms with Crippen LogP contribution in [0.3, 0.4) is 0 Å². The second-order valence-corrected chi connectivity index (χ2v) is 3.88. The lowest BCUT2D eigenvalue weighted by Gasteiger charge is -2.05. The molecule has 0 unspecified atom stereocenters. The Balaban J connectivity index is 2.51. The summed E-state index contributed by atoms with van der Waals surface area (Å²) in [5, 5.41) is 19.1. The van der Waals surface area contributed by atoms with Crippen molar-refractivity contribution in [2.45, 2.75) is 6.61 Å². The van der Waals surface area contributed by atoms with Crippen molar-refractivity contribution in [3.8, 4) is 16.6 Å². The number of hydrogen-bond acceptors (Lipinski definition) is 4. The second-order valence-electron chi connectivity index (χ2n) is 2.82. The Kier molecular flexibility index (Phi) is 2.36. The number of rotatable bonds is 2. The number of phenolic OH excluding ortho intramolecular Hbond substituents is 1. The first-order valence-electron chi connectivity index (χ1n) is 3.96. The van der Waals surface area contributed by atoms with Gasteiger partial charge in [0.25, 0.3) is 0 Å². The van der Waals surface area contributed by atoms with E-state index in [4.69, 9.17) is 5.11 Å². The minimum Gasteiger partial charge on any atom is -0.504 e. The van der Waals surface area contributed by atoms with Crippen LogP contribution in [0, 0.1) is 0 Å². The maximum Gasteiger partial charge on any atom is 0.387 e. The molecule has 3 nitrogen and oxygen atoms in total. The molecule has 1 heterocycles. The highest BCUT2D eigenvalue weighted by Gasteiger charge is 2.12. The summed E-state index contributed by atoms with van der Waals surface area (Å²) in [5.41, 5.74) is 0. The van der Waals surface area contributed by atoms with Crippen molar-refractivity contribution < 1.29 is 23.7 Å². The molecule has 0 aliphatic carbocycles. The van der Waals surface area contributed by atoms with Gasteiger partial charge in [-0.2, -0.15) is 8.78 Å². The summed E-state index contributed by atoms with van der Waals surface area (Å²) in [7, 11) is 0. The maximum atomic E-state index is 11.9. The van der Waals surface area contributed by atoms with Gasteiger partial charge in [-0.3, -0.25) is 0 Å². The van der Waals surface area contributed by atoms with Crippen LogP contribution in [0.2, 0.25) is 0 Å². The fraction of sp³-hybridized carbons (Fsp3) is 0.111. The molecule has 0 atom stereocenters. The molecule has 0 amide bonds. The van der Waals surface area contributed by atoms with E-state index in [-0.39, 0.29) is 16.6 Å². The van der Waals surface area contributed by atoms with E-state index < -0.39 is 6.61 Å². The van der Waals surface area contributed by atoms with Crippen molar-refractivity contribution in [2.75, 3.05) is 0 Å². The van der Waals surface area contributed by atoms with E-state index in [1.54, 1.807) is 0 Å². The van der Waals surface area contributed by atoms with Crippen LogP contribution in [0.1, 0.15) is 0 Å². The van der Waals surface area contributed by atoms with E-state index in [1.165, 1.54) is 18.2 Å². The highest BCUT2D eigenvalue weighted by atomic mass is 32.1. The molecule has 1 aromatic carbocycles. The van der Waals surface area contributed by atoms with Crippen molar-refractivity contribution in [1.82, 2.24) is 0 Å². The molecule has 2 rings (SSSR count). The number of alkyl halides is 2. The van der Waals surface area contributed by atoms with E-state index in [1.807, 2.05) is 0 Å². The van der Waals surface area contributed by atoms with Crippen molar-refractivity contribution >= 4 is 21.4 Å². The van der Waals surface area contributed by atoms with E-state index in [0.717, 1.165) is 11.3 Å². The molecule has 0 aliphatic heterocycles. The first-order valence-corrected chi connectivity index (χ1v) is 4.78. The summed E-state index contributed by atoms with van der Waals surface area (Å²) >= 11 is 1.02. The van der Waals surface area contributed by atoms with Gasteiger partial charge in [-0.15, -0.1) is 0 Å².